The average molecular weight is 597 g/mol. The van der Waals surface area contributed by atoms with E-state index in [9.17, 15) is 29.1 Å². The van der Waals surface area contributed by atoms with E-state index in [0.717, 1.165) is 25.7 Å². The van der Waals surface area contributed by atoms with Gasteiger partial charge in [0.1, 0.15) is 17.6 Å². The zero-order chi connectivity index (χ0) is 30.8. The highest BCUT2D eigenvalue weighted by Crippen LogP contribution is 2.26. The van der Waals surface area contributed by atoms with Gasteiger partial charge in [-0.2, -0.15) is 0 Å². The lowest BCUT2D eigenvalue weighted by atomic mass is 10.1. The number of rotatable bonds is 11. The number of hydrogen-bond donors (Lipinski definition) is 3. The van der Waals surface area contributed by atoms with Gasteiger partial charge in [0.2, 0.25) is 11.8 Å². The number of benzene rings is 1. The largest absolute Gasteiger partial charge is 0.527 e. The van der Waals surface area contributed by atoms with Crippen LogP contribution in [-0.2, 0) is 24.0 Å². The molecule has 4 rings (SSSR count). The Morgan fingerprint density at radius 1 is 1.02 bits per heavy atom. The number of carbonyl (C=O) groups is 5. The van der Waals surface area contributed by atoms with E-state index in [1.165, 1.54) is 16.0 Å². The van der Waals surface area contributed by atoms with Crippen molar-refractivity contribution in [2.75, 3.05) is 38.1 Å². The third-order valence-electron chi connectivity index (χ3n) is 7.23. The fourth-order valence-corrected chi connectivity index (χ4v) is 4.99. The molecule has 230 valence electrons. The molecule has 0 unspecified atom stereocenters. The molecule has 14 nitrogen and oxygen atoms in total. The molecule has 2 aromatic rings. The van der Waals surface area contributed by atoms with Crippen molar-refractivity contribution in [3.8, 4) is 11.4 Å². The summed E-state index contributed by atoms with van der Waals surface area (Å²) in [6.45, 7) is 2.60. The summed E-state index contributed by atoms with van der Waals surface area (Å²) in [5, 5.41) is 16.1. The number of carboxylic acid groups (broad SMARTS) is 1. The molecule has 1 atom stereocenters. The predicted octanol–water partition coefficient (Wildman–Crippen LogP) is 2.47. The molecule has 2 fully saturated rings. The molecule has 1 aromatic heterocycles. The number of piperazine rings is 1. The molecule has 2 aliphatic rings. The minimum atomic E-state index is -1.16. The monoisotopic (exact) mass is 596 g/mol. The first-order chi connectivity index (χ1) is 20.7. The van der Waals surface area contributed by atoms with E-state index in [1.54, 1.807) is 31.2 Å². The van der Waals surface area contributed by atoms with Crippen molar-refractivity contribution in [1.82, 2.24) is 25.2 Å². The van der Waals surface area contributed by atoms with Crippen LogP contribution in [0.2, 0.25) is 0 Å². The van der Waals surface area contributed by atoms with Gasteiger partial charge < -0.3 is 30.2 Å². The fourth-order valence-electron chi connectivity index (χ4n) is 4.99. The molecule has 1 saturated carbocycles. The summed E-state index contributed by atoms with van der Waals surface area (Å²) in [7, 11) is 0. The molecule has 43 heavy (non-hydrogen) atoms. The van der Waals surface area contributed by atoms with E-state index in [-0.39, 0.29) is 74.8 Å². The van der Waals surface area contributed by atoms with E-state index in [4.69, 9.17) is 9.57 Å². The van der Waals surface area contributed by atoms with Gasteiger partial charge in [0.05, 0.1) is 19.7 Å². The van der Waals surface area contributed by atoms with E-state index >= 15 is 0 Å². The summed E-state index contributed by atoms with van der Waals surface area (Å²) in [5.74, 6) is -2.26. The second-order valence-electron chi connectivity index (χ2n) is 10.3. The molecule has 0 radical (unpaired) electrons. The molecule has 3 N–H and O–H groups in total. The van der Waals surface area contributed by atoms with Crippen LogP contribution in [-0.4, -0.2) is 93.7 Å². The van der Waals surface area contributed by atoms with Crippen molar-refractivity contribution in [2.24, 2.45) is 5.92 Å². The molecule has 1 saturated heterocycles. The molecule has 14 heteroatoms. The zero-order valence-electron chi connectivity index (χ0n) is 24.0. The third kappa shape index (κ3) is 8.95. The number of carboxylic acids is 1. The van der Waals surface area contributed by atoms with E-state index in [1.807, 2.05) is 6.07 Å². The van der Waals surface area contributed by atoms with Crippen LogP contribution in [0.5, 0.6) is 0 Å². The Hall–Kier alpha value is -4.59. The Kier molecular flexibility index (Phi) is 11.0. The maximum absolute atomic E-state index is 13.5. The molecule has 0 spiro atoms. The van der Waals surface area contributed by atoms with Crippen LogP contribution in [0.3, 0.4) is 0 Å². The van der Waals surface area contributed by atoms with Crippen molar-refractivity contribution in [3.63, 3.8) is 0 Å². The lowest BCUT2D eigenvalue weighted by Gasteiger charge is -2.35. The van der Waals surface area contributed by atoms with E-state index < -0.39 is 30.0 Å². The van der Waals surface area contributed by atoms with Gasteiger partial charge >= 0.3 is 12.1 Å². The van der Waals surface area contributed by atoms with Crippen molar-refractivity contribution < 1.29 is 38.7 Å². The van der Waals surface area contributed by atoms with Gasteiger partial charge in [0, 0.05) is 37.1 Å². The molecule has 1 aromatic carbocycles. The lowest BCUT2D eigenvalue weighted by molar-refractivity contribution is -0.157. The Morgan fingerprint density at radius 2 is 1.72 bits per heavy atom. The van der Waals surface area contributed by atoms with Crippen molar-refractivity contribution in [3.05, 3.63) is 42.1 Å². The van der Waals surface area contributed by atoms with Gasteiger partial charge in [-0.1, -0.05) is 43.2 Å². The summed E-state index contributed by atoms with van der Waals surface area (Å²) in [4.78, 5) is 78.1. The van der Waals surface area contributed by atoms with Crippen molar-refractivity contribution >= 4 is 35.7 Å². The Morgan fingerprint density at radius 3 is 2.37 bits per heavy atom. The molecular weight excluding hydrogens is 560 g/mol. The standard InChI is InChI=1S/C29H36N6O8/c1-2-42-29(41)43-35-16-14-34(15-17-35)28(40)21(12-13-24(36)37)31-27(39)22-18-23(33-26(38)20-10-6-7-11-20)32-25(30-22)19-8-4-3-5-9-19/h3-5,8-9,18,20-21H,2,6-7,10-17H2,1H3,(H,31,39)(H,36,37)(H,30,32,33,38)/t21-/m0/s1. The highest BCUT2D eigenvalue weighted by molar-refractivity contribution is 5.98. The first-order valence-corrected chi connectivity index (χ1v) is 14.4. The predicted molar refractivity (Wildman–Crippen MR) is 152 cm³/mol. The second kappa shape index (κ2) is 15.0. The Balaban J connectivity index is 1.50. The van der Waals surface area contributed by atoms with Gasteiger partial charge in [-0.3, -0.25) is 19.2 Å². The van der Waals surface area contributed by atoms with Crippen LogP contribution in [0.1, 0.15) is 55.9 Å². The number of hydroxylamine groups is 2. The van der Waals surface area contributed by atoms with E-state index in [2.05, 4.69) is 20.6 Å². The fraction of sp³-hybridized carbons (Fsp3) is 0.483. The number of nitrogens with one attached hydrogen (secondary N) is 2. The number of ether oxygens (including phenoxy) is 1. The highest BCUT2D eigenvalue weighted by atomic mass is 16.8. The van der Waals surface area contributed by atoms with Gasteiger partial charge in [-0.25, -0.2) is 14.8 Å². The van der Waals surface area contributed by atoms with Crippen LogP contribution in [0.15, 0.2) is 36.4 Å². The van der Waals surface area contributed by atoms with Crippen molar-refractivity contribution in [2.45, 2.75) is 51.5 Å². The van der Waals surface area contributed by atoms with Crippen LogP contribution in [0.25, 0.3) is 11.4 Å². The minimum absolute atomic E-state index is 0.0867. The van der Waals surface area contributed by atoms with Crippen LogP contribution < -0.4 is 10.6 Å². The summed E-state index contributed by atoms with van der Waals surface area (Å²) >= 11 is 0. The second-order valence-corrected chi connectivity index (χ2v) is 10.3. The Labute approximate surface area is 248 Å². The SMILES string of the molecule is CCOC(=O)ON1CCN(C(=O)[C@H](CCC(=O)O)NC(=O)c2cc(NC(=O)C3CCCC3)nc(-c3ccccc3)n2)CC1. The summed E-state index contributed by atoms with van der Waals surface area (Å²) < 4.78 is 4.77. The molecule has 1 aliphatic carbocycles. The molecule has 1 aliphatic heterocycles. The summed E-state index contributed by atoms with van der Waals surface area (Å²) in [5.41, 5.74) is 0.534. The summed E-state index contributed by atoms with van der Waals surface area (Å²) in [6, 6.07) is 9.13. The average Bonchev–Trinajstić information content (AvgIpc) is 3.55. The third-order valence-corrected chi connectivity index (χ3v) is 7.23. The minimum Gasteiger partial charge on any atom is -0.481 e. The topological polar surface area (TPSA) is 180 Å². The number of anilines is 1. The van der Waals surface area contributed by atoms with Gasteiger partial charge in [-0.15, -0.1) is 5.06 Å². The number of aliphatic carboxylic acids is 1. The first kappa shape index (κ1) is 31.3. The number of carbonyl (C=O) groups excluding carboxylic acids is 4. The smallest absolute Gasteiger partial charge is 0.481 e. The van der Waals surface area contributed by atoms with Crippen LogP contribution in [0.4, 0.5) is 10.6 Å². The summed E-state index contributed by atoms with van der Waals surface area (Å²) in [6.07, 6.45) is 2.17. The maximum Gasteiger partial charge on any atom is 0.527 e. The number of hydrogen-bond acceptors (Lipinski definition) is 10. The van der Waals surface area contributed by atoms with E-state index in [0.29, 0.717) is 5.56 Å². The highest BCUT2D eigenvalue weighted by Gasteiger charge is 2.31. The number of aromatic nitrogens is 2. The van der Waals surface area contributed by atoms with Crippen molar-refractivity contribution in [1.29, 1.82) is 0 Å². The molecular formula is C29H36N6O8. The van der Waals surface area contributed by atoms with Gasteiger partial charge in [0.15, 0.2) is 5.82 Å². The number of amides is 3. The quantitative estimate of drug-likeness (QED) is 0.324. The molecule has 2 heterocycles. The number of nitrogens with zero attached hydrogens (tertiary/aromatic N) is 4. The zero-order valence-corrected chi connectivity index (χ0v) is 24.0. The van der Waals surface area contributed by atoms with Crippen LogP contribution >= 0.6 is 0 Å². The lowest BCUT2D eigenvalue weighted by Crippen LogP contribution is -2.55. The maximum atomic E-state index is 13.5. The molecule has 0 bridgehead atoms. The first-order valence-electron chi connectivity index (χ1n) is 14.4. The normalized spacial score (nSPS) is 16.3. The molecule has 3 amide bonds. The van der Waals surface area contributed by atoms with Crippen LogP contribution in [0, 0.1) is 5.92 Å². The Bertz CT molecular complexity index is 1310. The van der Waals surface area contributed by atoms with Gasteiger partial charge in [0.25, 0.3) is 5.91 Å². The van der Waals surface area contributed by atoms with Gasteiger partial charge in [-0.05, 0) is 26.2 Å².